The molecule has 0 heterocycles. The SMILES string of the molecule is Cc1cccc(NC(=O)c2ccc(Br)c(Cl)c2)c1C#N. The van der Waals surface area contributed by atoms with E-state index in [1.54, 1.807) is 30.3 Å². The van der Waals surface area contributed by atoms with E-state index in [9.17, 15) is 4.79 Å². The van der Waals surface area contributed by atoms with Crippen LogP contribution in [0.3, 0.4) is 0 Å². The van der Waals surface area contributed by atoms with Crippen LogP contribution in [0, 0.1) is 18.3 Å². The third kappa shape index (κ3) is 3.01. The maximum absolute atomic E-state index is 12.2. The number of carbonyl (C=O) groups excluding carboxylic acids is 1. The third-order valence-corrected chi connectivity index (χ3v) is 4.05. The molecule has 0 unspecified atom stereocenters. The molecule has 0 aliphatic heterocycles. The lowest BCUT2D eigenvalue weighted by molar-refractivity contribution is 0.102. The second-order valence-corrected chi connectivity index (χ2v) is 5.45. The molecule has 0 aliphatic carbocycles. The van der Waals surface area contributed by atoms with Crippen LogP contribution in [-0.4, -0.2) is 5.91 Å². The van der Waals surface area contributed by atoms with Crippen LogP contribution in [0.1, 0.15) is 21.5 Å². The Balaban J connectivity index is 2.31. The zero-order chi connectivity index (χ0) is 14.7. The minimum atomic E-state index is -0.304. The van der Waals surface area contributed by atoms with Gasteiger partial charge < -0.3 is 5.32 Å². The molecule has 1 N–H and O–H groups in total. The summed E-state index contributed by atoms with van der Waals surface area (Å²) in [6.45, 7) is 1.82. The highest BCUT2D eigenvalue weighted by Crippen LogP contribution is 2.24. The number of rotatable bonds is 2. The van der Waals surface area contributed by atoms with Crippen molar-refractivity contribution in [3.8, 4) is 6.07 Å². The van der Waals surface area contributed by atoms with Gasteiger partial charge in [-0.25, -0.2) is 0 Å². The Hall–Kier alpha value is -1.83. The van der Waals surface area contributed by atoms with Crippen LogP contribution in [0.15, 0.2) is 40.9 Å². The van der Waals surface area contributed by atoms with Gasteiger partial charge in [-0.1, -0.05) is 23.7 Å². The highest BCUT2D eigenvalue weighted by molar-refractivity contribution is 9.10. The average molecular weight is 350 g/mol. The van der Waals surface area contributed by atoms with Crippen molar-refractivity contribution in [3.05, 3.63) is 62.6 Å². The van der Waals surface area contributed by atoms with Gasteiger partial charge in [0, 0.05) is 10.0 Å². The smallest absolute Gasteiger partial charge is 0.255 e. The van der Waals surface area contributed by atoms with Gasteiger partial charge in [-0.3, -0.25) is 4.79 Å². The van der Waals surface area contributed by atoms with E-state index in [1.165, 1.54) is 0 Å². The molecule has 5 heteroatoms. The van der Waals surface area contributed by atoms with E-state index in [2.05, 4.69) is 27.3 Å². The first-order valence-electron chi connectivity index (χ1n) is 5.79. The minimum Gasteiger partial charge on any atom is -0.321 e. The Labute approximate surface area is 130 Å². The van der Waals surface area contributed by atoms with Gasteiger partial charge >= 0.3 is 0 Å². The molecule has 2 aromatic rings. The molecule has 0 fully saturated rings. The van der Waals surface area contributed by atoms with Crippen molar-refractivity contribution in [2.45, 2.75) is 6.92 Å². The predicted octanol–water partition coefficient (Wildman–Crippen LogP) is 4.53. The second-order valence-electron chi connectivity index (χ2n) is 4.19. The van der Waals surface area contributed by atoms with E-state index in [1.807, 2.05) is 13.0 Å². The summed E-state index contributed by atoms with van der Waals surface area (Å²) in [6.07, 6.45) is 0. The van der Waals surface area contributed by atoms with Crippen LogP contribution in [0.25, 0.3) is 0 Å². The van der Waals surface area contributed by atoms with Crippen LogP contribution < -0.4 is 5.32 Å². The summed E-state index contributed by atoms with van der Waals surface area (Å²) in [5.74, 6) is -0.304. The normalized spacial score (nSPS) is 9.90. The summed E-state index contributed by atoms with van der Waals surface area (Å²) >= 11 is 9.24. The van der Waals surface area contributed by atoms with Crippen LogP contribution >= 0.6 is 27.5 Å². The number of carbonyl (C=O) groups is 1. The Kier molecular flexibility index (Phi) is 4.43. The Morgan fingerprint density at radius 3 is 2.75 bits per heavy atom. The van der Waals surface area contributed by atoms with Gasteiger partial charge in [0.1, 0.15) is 6.07 Å². The van der Waals surface area contributed by atoms with Gasteiger partial charge in [0.25, 0.3) is 5.91 Å². The number of nitrogens with one attached hydrogen (secondary N) is 1. The van der Waals surface area contributed by atoms with Gasteiger partial charge in [0.05, 0.1) is 16.3 Å². The molecule has 0 radical (unpaired) electrons. The molecule has 0 bridgehead atoms. The first-order valence-corrected chi connectivity index (χ1v) is 6.96. The number of hydrogen-bond donors (Lipinski definition) is 1. The molecule has 0 aromatic heterocycles. The van der Waals surface area contributed by atoms with Crippen molar-refractivity contribution in [1.82, 2.24) is 0 Å². The zero-order valence-electron chi connectivity index (χ0n) is 10.6. The predicted molar refractivity (Wildman–Crippen MR) is 83.0 cm³/mol. The van der Waals surface area contributed by atoms with E-state index >= 15 is 0 Å². The summed E-state index contributed by atoms with van der Waals surface area (Å²) in [6, 6.07) is 12.3. The lowest BCUT2D eigenvalue weighted by atomic mass is 10.1. The summed E-state index contributed by atoms with van der Waals surface area (Å²) < 4.78 is 0.726. The van der Waals surface area contributed by atoms with Gasteiger partial charge in [0.15, 0.2) is 0 Å². The van der Waals surface area contributed by atoms with Gasteiger partial charge in [-0.15, -0.1) is 0 Å². The molecule has 0 saturated heterocycles. The molecule has 3 nitrogen and oxygen atoms in total. The number of aryl methyl sites for hydroxylation is 1. The Bertz CT molecular complexity index is 722. The zero-order valence-corrected chi connectivity index (χ0v) is 12.9. The Morgan fingerprint density at radius 2 is 2.10 bits per heavy atom. The van der Waals surface area contributed by atoms with E-state index < -0.39 is 0 Å². The van der Waals surface area contributed by atoms with E-state index in [-0.39, 0.29) is 5.91 Å². The molecule has 20 heavy (non-hydrogen) atoms. The van der Waals surface area contributed by atoms with Gasteiger partial charge in [-0.2, -0.15) is 5.26 Å². The van der Waals surface area contributed by atoms with Crippen molar-refractivity contribution < 1.29 is 4.79 Å². The minimum absolute atomic E-state index is 0.304. The second kappa shape index (κ2) is 6.08. The maximum Gasteiger partial charge on any atom is 0.255 e. The van der Waals surface area contributed by atoms with Crippen molar-refractivity contribution in [1.29, 1.82) is 5.26 Å². The average Bonchev–Trinajstić information content (AvgIpc) is 2.42. The van der Waals surface area contributed by atoms with Crippen LogP contribution in [0.4, 0.5) is 5.69 Å². The topological polar surface area (TPSA) is 52.9 Å². The first-order chi connectivity index (χ1) is 9.52. The summed E-state index contributed by atoms with van der Waals surface area (Å²) in [5, 5.41) is 12.3. The number of nitriles is 1. The number of nitrogens with zero attached hydrogens (tertiary/aromatic N) is 1. The number of benzene rings is 2. The highest BCUT2D eigenvalue weighted by Gasteiger charge is 2.11. The van der Waals surface area contributed by atoms with Crippen molar-refractivity contribution in [2.75, 3.05) is 5.32 Å². The largest absolute Gasteiger partial charge is 0.321 e. The monoisotopic (exact) mass is 348 g/mol. The van der Waals surface area contributed by atoms with Crippen molar-refractivity contribution >= 4 is 39.1 Å². The molecule has 0 atom stereocenters. The lowest BCUT2D eigenvalue weighted by Crippen LogP contribution is -2.13. The third-order valence-electron chi connectivity index (χ3n) is 2.81. The molecule has 2 rings (SSSR count). The number of hydrogen-bond acceptors (Lipinski definition) is 2. The molecule has 0 spiro atoms. The fourth-order valence-corrected chi connectivity index (χ4v) is 2.18. The molecule has 0 saturated carbocycles. The summed E-state index contributed by atoms with van der Waals surface area (Å²) in [7, 11) is 0. The lowest BCUT2D eigenvalue weighted by Gasteiger charge is -2.09. The van der Waals surface area contributed by atoms with E-state index in [4.69, 9.17) is 16.9 Å². The molecule has 1 amide bonds. The van der Waals surface area contributed by atoms with Crippen LogP contribution in [-0.2, 0) is 0 Å². The van der Waals surface area contributed by atoms with Crippen molar-refractivity contribution in [2.24, 2.45) is 0 Å². The first kappa shape index (κ1) is 14.6. The fourth-order valence-electron chi connectivity index (χ4n) is 1.75. The number of halogens is 2. The number of anilines is 1. The number of amides is 1. The maximum atomic E-state index is 12.2. The van der Waals surface area contributed by atoms with Crippen LogP contribution in [0.5, 0.6) is 0 Å². The highest BCUT2D eigenvalue weighted by atomic mass is 79.9. The summed E-state index contributed by atoms with van der Waals surface area (Å²) in [4.78, 5) is 12.2. The molecule has 2 aromatic carbocycles. The van der Waals surface area contributed by atoms with E-state index in [0.717, 1.165) is 10.0 Å². The molecule has 100 valence electrons. The van der Waals surface area contributed by atoms with E-state index in [0.29, 0.717) is 21.8 Å². The molecular formula is C15H10BrClN2O. The van der Waals surface area contributed by atoms with Crippen LogP contribution in [0.2, 0.25) is 5.02 Å². The fraction of sp³-hybridized carbons (Fsp3) is 0.0667. The van der Waals surface area contributed by atoms with Crippen molar-refractivity contribution in [3.63, 3.8) is 0 Å². The Morgan fingerprint density at radius 1 is 1.35 bits per heavy atom. The molecule has 0 aliphatic rings. The standard InChI is InChI=1S/C15H10BrClN2O/c1-9-3-2-4-14(11(9)8-18)19-15(20)10-5-6-12(16)13(17)7-10/h2-7H,1H3,(H,19,20). The van der Waals surface area contributed by atoms with Gasteiger partial charge in [-0.05, 0) is 52.7 Å². The molecular weight excluding hydrogens is 340 g/mol. The summed E-state index contributed by atoms with van der Waals surface area (Å²) in [5.41, 5.74) is 2.21. The quantitative estimate of drug-likeness (QED) is 0.865. The van der Waals surface area contributed by atoms with Gasteiger partial charge in [0.2, 0.25) is 0 Å².